The molecule has 0 bridgehead atoms. The van der Waals surface area contributed by atoms with E-state index >= 15 is 0 Å². The van der Waals surface area contributed by atoms with Crippen LogP contribution in [0, 0.1) is 0 Å². The van der Waals surface area contributed by atoms with Crippen LogP contribution in [-0.4, -0.2) is 20.4 Å². The number of pyridine rings is 1. The van der Waals surface area contributed by atoms with Crippen molar-refractivity contribution in [2.24, 2.45) is 0 Å². The molecule has 3 nitrogen and oxygen atoms in total. The minimum absolute atomic E-state index is 0.590. The van der Waals surface area contributed by atoms with Crippen LogP contribution in [0.2, 0.25) is 0 Å². The van der Waals surface area contributed by atoms with Crippen molar-refractivity contribution in [1.29, 1.82) is 0 Å². The Balaban J connectivity index is 1.90. The van der Waals surface area contributed by atoms with Gasteiger partial charge in [-0.15, -0.1) is 11.6 Å². The first-order valence-electron chi connectivity index (χ1n) is 6.78. The average molecular weight is 286 g/mol. The van der Waals surface area contributed by atoms with Gasteiger partial charge >= 0.3 is 0 Å². The Kier molecular flexibility index (Phi) is 3.97. The van der Waals surface area contributed by atoms with Gasteiger partial charge in [0.05, 0.1) is 11.0 Å². The molecule has 0 saturated carbocycles. The molecule has 0 saturated heterocycles. The first-order chi connectivity index (χ1) is 9.88. The smallest absolute Gasteiger partial charge is 0.111 e. The van der Waals surface area contributed by atoms with E-state index in [-0.39, 0.29) is 0 Å². The number of aryl methyl sites for hydroxylation is 3. The van der Waals surface area contributed by atoms with E-state index in [0.717, 1.165) is 36.4 Å². The predicted octanol–water partition coefficient (Wildman–Crippen LogP) is 3.46. The molecule has 0 radical (unpaired) electrons. The Bertz CT molecular complexity index is 691. The molecule has 0 aliphatic carbocycles. The highest BCUT2D eigenvalue weighted by Crippen LogP contribution is 2.17. The third kappa shape index (κ3) is 2.68. The number of alkyl halides is 1. The van der Waals surface area contributed by atoms with Crippen LogP contribution in [0.4, 0.5) is 0 Å². The highest BCUT2D eigenvalue weighted by molar-refractivity contribution is 6.17. The van der Waals surface area contributed by atoms with Crippen molar-refractivity contribution in [2.45, 2.75) is 19.4 Å². The Morgan fingerprint density at radius 1 is 1.00 bits per heavy atom. The van der Waals surface area contributed by atoms with E-state index in [4.69, 9.17) is 11.6 Å². The van der Waals surface area contributed by atoms with E-state index in [1.54, 1.807) is 0 Å². The molecule has 3 rings (SSSR count). The highest BCUT2D eigenvalue weighted by atomic mass is 35.5. The summed E-state index contributed by atoms with van der Waals surface area (Å²) in [6.45, 7) is 0.879. The van der Waals surface area contributed by atoms with Crippen molar-refractivity contribution in [1.82, 2.24) is 14.5 Å². The number of aromatic nitrogens is 3. The Morgan fingerprint density at radius 3 is 2.65 bits per heavy atom. The van der Waals surface area contributed by atoms with E-state index in [2.05, 4.69) is 26.7 Å². The molecular weight excluding hydrogens is 270 g/mol. The summed E-state index contributed by atoms with van der Waals surface area (Å²) in [5.74, 6) is 1.64. The molecule has 0 N–H and O–H groups in total. The summed E-state index contributed by atoms with van der Waals surface area (Å²) < 4.78 is 2.26. The summed E-state index contributed by atoms with van der Waals surface area (Å²) in [5.41, 5.74) is 3.30. The van der Waals surface area contributed by atoms with Crippen LogP contribution in [0.3, 0.4) is 0 Å². The number of imidazole rings is 1. The van der Waals surface area contributed by atoms with E-state index in [0.29, 0.717) is 5.88 Å². The molecule has 0 atom stereocenters. The lowest BCUT2D eigenvalue weighted by Gasteiger charge is -2.08. The molecule has 0 fully saturated rings. The van der Waals surface area contributed by atoms with E-state index in [1.165, 1.54) is 5.52 Å². The summed E-state index contributed by atoms with van der Waals surface area (Å²) in [6, 6.07) is 14.2. The summed E-state index contributed by atoms with van der Waals surface area (Å²) in [5, 5.41) is 0. The lowest BCUT2D eigenvalue weighted by atomic mass is 10.2. The monoisotopic (exact) mass is 285 g/mol. The minimum atomic E-state index is 0.590. The van der Waals surface area contributed by atoms with Gasteiger partial charge in [0.15, 0.2) is 0 Å². The molecule has 4 heteroatoms. The second-order valence-corrected chi connectivity index (χ2v) is 5.06. The van der Waals surface area contributed by atoms with E-state index in [1.807, 2.05) is 36.5 Å². The maximum absolute atomic E-state index is 5.89. The lowest BCUT2D eigenvalue weighted by Crippen LogP contribution is -2.07. The molecule has 1 aromatic carbocycles. The molecule has 2 aromatic heterocycles. The largest absolute Gasteiger partial charge is 0.328 e. The van der Waals surface area contributed by atoms with Crippen molar-refractivity contribution in [3.8, 4) is 0 Å². The molecule has 0 spiro atoms. The first kappa shape index (κ1) is 13.1. The van der Waals surface area contributed by atoms with Gasteiger partial charge in [0.25, 0.3) is 0 Å². The maximum Gasteiger partial charge on any atom is 0.111 e. The number of halogens is 1. The van der Waals surface area contributed by atoms with Crippen molar-refractivity contribution in [3.63, 3.8) is 0 Å². The van der Waals surface area contributed by atoms with Crippen LogP contribution < -0.4 is 0 Å². The molecule has 102 valence electrons. The number of hydrogen-bond donors (Lipinski definition) is 0. The zero-order valence-corrected chi connectivity index (χ0v) is 11.9. The summed E-state index contributed by atoms with van der Waals surface area (Å²) in [4.78, 5) is 9.05. The van der Waals surface area contributed by atoms with Crippen LogP contribution in [0.1, 0.15) is 11.5 Å². The van der Waals surface area contributed by atoms with Crippen molar-refractivity contribution in [3.05, 3.63) is 60.2 Å². The number of benzene rings is 1. The third-order valence-corrected chi connectivity index (χ3v) is 3.56. The number of rotatable bonds is 5. The van der Waals surface area contributed by atoms with Crippen LogP contribution in [0.5, 0.6) is 0 Å². The van der Waals surface area contributed by atoms with Gasteiger partial charge < -0.3 is 4.57 Å². The van der Waals surface area contributed by atoms with Gasteiger partial charge in [-0.25, -0.2) is 4.98 Å². The van der Waals surface area contributed by atoms with Crippen LogP contribution in [-0.2, 0) is 19.4 Å². The van der Waals surface area contributed by atoms with Crippen molar-refractivity contribution < 1.29 is 0 Å². The van der Waals surface area contributed by atoms with Gasteiger partial charge in [-0.1, -0.05) is 18.2 Å². The minimum Gasteiger partial charge on any atom is -0.328 e. The lowest BCUT2D eigenvalue weighted by molar-refractivity contribution is 0.666. The Hall–Kier alpha value is -1.87. The topological polar surface area (TPSA) is 30.7 Å². The zero-order valence-electron chi connectivity index (χ0n) is 11.2. The van der Waals surface area contributed by atoms with E-state index < -0.39 is 0 Å². The molecular formula is C16H16ClN3. The first-order valence-corrected chi connectivity index (χ1v) is 7.32. The predicted molar refractivity (Wildman–Crippen MR) is 82.1 cm³/mol. The SMILES string of the molecule is ClCCc1nc2ccccc2n1CCc1ccccn1. The van der Waals surface area contributed by atoms with E-state index in [9.17, 15) is 0 Å². The number of nitrogens with zero attached hydrogens (tertiary/aromatic N) is 3. The van der Waals surface area contributed by atoms with Gasteiger partial charge in [0.2, 0.25) is 0 Å². The summed E-state index contributed by atoms with van der Waals surface area (Å²) in [6.07, 6.45) is 3.52. The fourth-order valence-electron chi connectivity index (χ4n) is 2.42. The molecule has 0 aliphatic rings. The maximum atomic E-state index is 5.89. The normalized spacial score (nSPS) is 11.1. The average Bonchev–Trinajstić information content (AvgIpc) is 2.84. The summed E-state index contributed by atoms with van der Waals surface area (Å²) in [7, 11) is 0. The molecule has 0 aliphatic heterocycles. The molecule has 3 aromatic rings. The van der Waals surface area contributed by atoms with Gasteiger partial charge in [0.1, 0.15) is 5.82 Å². The zero-order chi connectivity index (χ0) is 13.8. The van der Waals surface area contributed by atoms with Crippen molar-refractivity contribution >= 4 is 22.6 Å². The highest BCUT2D eigenvalue weighted by Gasteiger charge is 2.09. The van der Waals surface area contributed by atoms with Gasteiger partial charge in [-0.2, -0.15) is 0 Å². The van der Waals surface area contributed by atoms with Gasteiger partial charge in [0, 0.05) is 37.2 Å². The van der Waals surface area contributed by atoms with Crippen LogP contribution >= 0.6 is 11.6 Å². The fraction of sp³-hybridized carbons (Fsp3) is 0.250. The molecule has 0 amide bonds. The number of fused-ring (bicyclic) bond motifs is 1. The standard InChI is InChI=1S/C16H16ClN3/c17-10-8-16-19-14-6-1-2-7-15(14)20(16)12-9-13-5-3-4-11-18-13/h1-7,11H,8-10,12H2. The Morgan fingerprint density at radius 2 is 1.85 bits per heavy atom. The quantitative estimate of drug-likeness (QED) is 0.672. The number of hydrogen-bond acceptors (Lipinski definition) is 2. The fourth-order valence-corrected chi connectivity index (χ4v) is 2.59. The second kappa shape index (κ2) is 6.06. The molecule has 2 heterocycles. The molecule has 0 unspecified atom stereocenters. The van der Waals surface area contributed by atoms with Crippen molar-refractivity contribution in [2.75, 3.05) is 5.88 Å². The summed E-state index contributed by atoms with van der Waals surface area (Å²) >= 11 is 5.89. The van der Waals surface area contributed by atoms with Gasteiger partial charge in [-0.05, 0) is 24.3 Å². The van der Waals surface area contributed by atoms with Gasteiger partial charge in [-0.3, -0.25) is 4.98 Å². The molecule has 20 heavy (non-hydrogen) atoms. The Labute approximate surface area is 123 Å². The third-order valence-electron chi connectivity index (χ3n) is 3.37. The second-order valence-electron chi connectivity index (χ2n) is 4.68. The number of para-hydroxylation sites is 2. The van der Waals surface area contributed by atoms with Crippen LogP contribution in [0.15, 0.2) is 48.7 Å². The van der Waals surface area contributed by atoms with Crippen LogP contribution in [0.25, 0.3) is 11.0 Å².